The van der Waals surface area contributed by atoms with Crippen molar-refractivity contribution in [1.29, 1.82) is 0 Å². The fourth-order valence-corrected chi connectivity index (χ4v) is 15.3. The van der Waals surface area contributed by atoms with E-state index in [9.17, 15) is 9.67 Å². The molecule has 0 fully saturated rings. The first kappa shape index (κ1) is 40.0. The van der Waals surface area contributed by atoms with Gasteiger partial charge in [-0.3, -0.25) is 0 Å². The van der Waals surface area contributed by atoms with Crippen LogP contribution in [0.4, 0.5) is 0 Å². The number of aliphatic hydroxyl groups is 1. The first-order chi connectivity index (χ1) is 24.2. The van der Waals surface area contributed by atoms with E-state index in [1.807, 2.05) is 67.6 Å². The molecule has 0 heterocycles. The Labute approximate surface area is 305 Å². The van der Waals surface area contributed by atoms with Crippen molar-refractivity contribution < 1.29 is 14.1 Å². The lowest BCUT2D eigenvalue weighted by atomic mass is 10.0. The van der Waals surface area contributed by atoms with Gasteiger partial charge >= 0.3 is 0 Å². The number of rotatable bonds is 22. The summed E-state index contributed by atoms with van der Waals surface area (Å²) in [5, 5.41) is 15.6. The lowest BCUT2D eigenvalue weighted by Gasteiger charge is -2.43. The van der Waals surface area contributed by atoms with E-state index in [1.165, 1.54) is 68.2 Å². The van der Waals surface area contributed by atoms with Crippen molar-refractivity contribution in [2.45, 2.75) is 128 Å². The van der Waals surface area contributed by atoms with Crippen molar-refractivity contribution in [3.63, 3.8) is 0 Å². The highest BCUT2D eigenvalue weighted by Gasteiger charge is 2.50. The van der Waals surface area contributed by atoms with Crippen molar-refractivity contribution in [2.75, 3.05) is 6.61 Å². The summed E-state index contributed by atoms with van der Waals surface area (Å²) in [5.41, 5.74) is -0.317. The highest BCUT2D eigenvalue weighted by Crippen LogP contribution is 2.50. The van der Waals surface area contributed by atoms with Gasteiger partial charge in [0.25, 0.3) is 8.32 Å². The van der Waals surface area contributed by atoms with Crippen LogP contribution < -0.4 is 21.0 Å². The molecule has 0 saturated carbocycles. The molecule has 0 radical (unpaired) electrons. The molecule has 5 heteroatoms. The van der Waals surface area contributed by atoms with Gasteiger partial charge < -0.3 is 14.1 Å². The molecule has 0 aliphatic rings. The molecule has 0 unspecified atom stereocenters. The molecule has 0 aromatic heterocycles. The zero-order valence-electron chi connectivity index (χ0n) is 31.3. The maximum Gasteiger partial charge on any atom is 0.261 e. The molecular formula is C45H63O3PSi. The number of aliphatic hydroxyl groups excluding tert-OH is 1. The molecular weight excluding hydrogens is 648 g/mol. The minimum atomic E-state index is -2.95. The van der Waals surface area contributed by atoms with Crippen LogP contribution in [0.3, 0.4) is 0 Å². The second-order valence-electron chi connectivity index (χ2n) is 15.2. The van der Waals surface area contributed by atoms with E-state index in [1.54, 1.807) is 0 Å². The third-order valence-corrected chi connectivity index (χ3v) is 19.2. The fourth-order valence-electron chi connectivity index (χ4n) is 7.61. The number of hydrogen-bond acceptors (Lipinski definition) is 3. The van der Waals surface area contributed by atoms with Crippen LogP contribution in [-0.2, 0) is 8.99 Å². The first-order valence-corrected chi connectivity index (χ1v) is 23.0. The van der Waals surface area contributed by atoms with Gasteiger partial charge in [-0.05, 0) is 28.3 Å². The molecule has 0 amide bonds. The summed E-state index contributed by atoms with van der Waals surface area (Å²) < 4.78 is 21.6. The van der Waals surface area contributed by atoms with Gasteiger partial charge in [0.05, 0.1) is 6.10 Å². The van der Waals surface area contributed by atoms with Gasteiger partial charge in [-0.15, -0.1) is 0 Å². The normalized spacial score (nSPS) is 13.6. The Morgan fingerprint density at radius 1 is 0.560 bits per heavy atom. The van der Waals surface area contributed by atoms with E-state index in [-0.39, 0.29) is 10.7 Å². The van der Waals surface area contributed by atoms with Gasteiger partial charge in [0.1, 0.15) is 7.14 Å². The zero-order chi connectivity index (χ0) is 35.7. The highest BCUT2D eigenvalue weighted by atomic mass is 31.2. The van der Waals surface area contributed by atoms with Crippen molar-refractivity contribution in [1.82, 2.24) is 0 Å². The predicted molar refractivity (Wildman–Crippen MR) is 219 cm³/mol. The van der Waals surface area contributed by atoms with Crippen LogP contribution in [0.2, 0.25) is 5.04 Å². The molecule has 1 N–H and O–H groups in total. The molecule has 0 spiro atoms. The Balaban J connectivity index is 1.08. The zero-order valence-corrected chi connectivity index (χ0v) is 33.2. The van der Waals surface area contributed by atoms with Crippen molar-refractivity contribution in [2.24, 2.45) is 0 Å². The maximum atomic E-state index is 14.5. The summed E-state index contributed by atoms with van der Waals surface area (Å²) in [6, 6.07) is 41.4. The van der Waals surface area contributed by atoms with Gasteiger partial charge in [0, 0.05) is 22.9 Å². The topological polar surface area (TPSA) is 46.5 Å². The molecule has 4 aromatic rings. The average Bonchev–Trinajstić information content (AvgIpc) is 3.15. The summed E-state index contributed by atoms with van der Waals surface area (Å²) >= 11 is 0. The second kappa shape index (κ2) is 20.3. The predicted octanol–water partition coefficient (Wildman–Crippen LogP) is 10.4. The van der Waals surface area contributed by atoms with Crippen molar-refractivity contribution in [3.8, 4) is 0 Å². The fraction of sp³-hybridized carbons (Fsp3) is 0.467. The Kier molecular flexibility index (Phi) is 16.3. The molecule has 3 nitrogen and oxygen atoms in total. The summed E-state index contributed by atoms with van der Waals surface area (Å²) in [5.74, 6) is 0. The number of benzene rings is 4. The van der Waals surface area contributed by atoms with Gasteiger partial charge in [0.2, 0.25) is 0 Å². The highest BCUT2D eigenvalue weighted by molar-refractivity contribution is 7.79. The third-order valence-electron chi connectivity index (χ3n) is 10.5. The van der Waals surface area contributed by atoms with Crippen LogP contribution in [0.1, 0.15) is 111 Å². The SMILES string of the molecule is C[C@@H]([C@@H](O)CCCCCCCCCCCCCCO[Si](c1ccccc1)(c1ccccc1)C(C)(C)C)P(=O)(c1ccccc1)c1ccccc1. The molecule has 2 atom stereocenters. The summed E-state index contributed by atoms with van der Waals surface area (Å²) in [6.07, 6.45) is 14.9. The maximum absolute atomic E-state index is 14.5. The van der Waals surface area contributed by atoms with Crippen LogP contribution in [0.25, 0.3) is 0 Å². The minimum absolute atomic E-state index is 0.0341. The quantitative estimate of drug-likeness (QED) is 0.0502. The lowest BCUT2D eigenvalue weighted by molar-refractivity contribution is 0.159. The molecule has 270 valence electrons. The summed E-state index contributed by atoms with van der Waals surface area (Å²) in [4.78, 5) is 0. The largest absolute Gasteiger partial charge is 0.407 e. The van der Waals surface area contributed by atoms with Crippen LogP contribution >= 0.6 is 7.14 Å². The first-order valence-electron chi connectivity index (χ1n) is 19.4. The molecule has 50 heavy (non-hydrogen) atoms. The van der Waals surface area contributed by atoms with Gasteiger partial charge in [-0.2, -0.15) is 0 Å². The molecule has 0 aliphatic carbocycles. The Hall–Kier alpha value is -2.75. The monoisotopic (exact) mass is 710 g/mol. The second-order valence-corrected chi connectivity index (χ2v) is 22.6. The Morgan fingerprint density at radius 2 is 0.900 bits per heavy atom. The third kappa shape index (κ3) is 10.6. The van der Waals surface area contributed by atoms with E-state index in [0.717, 1.165) is 36.5 Å². The van der Waals surface area contributed by atoms with E-state index >= 15 is 0 Å². The molecule has 0 saturated heterocycles. The van der Waals surface area contributed by atoms with Crippen LogP contribution in [0.15, 0.2) is 121 Å². The van der Waals surface area contributed by atoms with Gasteiger partial charge in [-0.1, -0.05) is 220 Å². The minimum Gasteiger partial charge on any atom is -0.407 e. The van der Waals surface area contributed by atoms with Crippen LogP contribution in [0, 0.1) is 0 Å². The molecule has 4 rings (SSSR count). The van der Waals surface area contributed by atoms with E-state index in [0.29, 0.717) is 6.42 Å². The van der Waals surface area contributed by atoms with E-state index in [4.69, 9.17) is 4.43 Å². The molecule has 0 aliphatic heterocycles. The van der Waals surface area contributed by atoms with Crippen LogP contribution in [0.5, 0.6) is 0 Å². The lowest BCUT2D eigenvalue weighted by Crippen LogP contribution is -2.66. The van der Waals surface area contributed by atoms with Crippen molar-refractivity contribution in [3.05, 3.63) is 121 Å². The molecule has 4 aromatic carbocycles. The Bertz CT molecular complexity index is 1440. The van der Waals surface area contributed by atoms with Crippen LogP contribution in [-0.4, -0.2) is 31.8 Å². The van der Waals surface area contributed by atoms with Crippen molar-refractivity contribution >= 4 is 36.4 Å². The number of unbranched alkanes of at least 4 members (excludes halogenated alkanes) is 11. The average molecular weight is 711 g/mol. The molecule has 0 bridgehead atoms. The smallest absolute Gasteiger partial charge is 0.261 e. The van der Waals surface area contributed by atoms with E-state index in [2.05, 4.69) is 81.4 Å². The number of hydrogen-bond donors (Lipinski definition) is 1. The van der Waals surface area contributed by atoms with Gasteiger partial charge in [-0.25, -0.2) is 0 Å². The summed E-state index contributed by atoms with van der Waals surface area (Å²) in [7, 11) is -5.37. The standard InChI is InChI=1S/C45H63O3PSi/c1-39(49(47,40-29-19-15-20-30-40)41-31-21-16-22-32-41)44(46)37-27-13-11-9-7-5-6-8-10-12-14-28-38-48-50(45(2,3)4,42-33-23-17-24-34-42)43-35-25-18-26-36-43/h15-26,29-36,39,44,46H,5-14,27-28,37-38H2,1-4H3/t39-,44-/m0/s1. The summed E-state index contributed by atoms with van der Waals surface area (Å²) in [6.45, 7) is 9.84. The van der Waals surface area contributed by atoms with Gasteiger partial charge in [0.15, 0.2) is 0 Å². The van der Waals surface area contributed by atoms with E-state index < -0.39 is 21.6 Å². The Morgan fingerprint density at radius 3 is 1.28 bits per heavy atom.